The molecule has 2 heterocycles. The lowest BCUT2D eigenvalue weighted by Gasteiger charge is -2.12. The van der Waals surface area contributed by atoms with Crippen LogP contribution < -0.4 is 16.4 Å². The highest BCUT2D eigenvalue weighted by Crippen LogP contribution is 2.35. The van der Waals surface area contributed by atoms with Gasteiger partial charge in [0.25, 0.3) is 0 Å². The van der Waals surface area contributed by atoms with Crippen LogP contribution in [0.4, 0.5) is 30.8 Å². The number of carbonyl (C=O) groups is 2. The normalized spacial score (nSPS) is 13.8. The number of amides is 2. The van der Waals surface area contributed by atoms with Crippen LogP contribution in [0.25, 0.3) is 11.0 Å². The summed E-state index contributed by atoms with van der Waals surface area (Å²) in [7, 11) is 0. The van der Waals surface area contributed by atoms with E-state index in [4.69, 9.17) is 5.73 Å². The average Bonchev–Trinajstić information content (AvgIpc) is 3.50. The lowest BCUT2D eigenvalue weighted by atomic mass is 10.0. The number of hydrogen-bond donors (Lipinski definition) is 3. The predicted octanol–water partition coefficient (Wildman–Crippen LogP) is 5.28. The number of nitrogens with two attached hydrogens (primary N) is 1. The standard InChI is InChI=1S/C25H22F2N6O2/c26-15-7-10-20(19(27)11-15)32-25(35)31-16-8-5-14(6-9-16)22(34)18-12-33(17-3-1-2-4-17)24-21(18)23(28)29-13-30-24/h5-13,17H,1-4H2,(H2,28,29,30)(H2,31,32,35). The van der Waals surface area contributed by atoms with Gasteiger partial charge in [-0.1, -0.05) is 12.8 Å². The van der Waals surface area contributed by atoms with E-state index in [1.54, 1.807) is 24.3 Å². The van der Waals surface area contributed by atoms with Crippen LogP contribution in [-0.4, -0.2) is 26.3 Å². The summed E-state index contributed by atoms with van der Waals surface area (Å²) in [5, 5.41) is 5.40. The van der Waals surface area contributed by atoms with Crippen LogP contribution in [0.2, 0.25) is 0 Å². The molecule has 0 saturated heterocycles. The number of urea groups is 1. The number of rotatable bonds is 5. The van der Waals surface area contributed by atoms with Crippen LogP contribution in [0.15, 0.2) is 55.0 Å². The maximum Gasteiger partial charge on any atom is 0.323 e. The highest BCUT2D eigenvalue weighted by atomic mass is 19.1. The Bertz CT molecular complexity index is 1430. The van der Waals surface area contributed by atoms with Gasteiger partial charge in [-0.25, -0.2) is 23.5 Å². The SMILES string of the molecule is Nc1ncnc2c1c(C(=O)c1ccc(NC(=O)Nc3ccc(F)cc3F)cc1)cn2C1CCCC1. The first kappa shape index (κ1) is 22.5. The molecular formula is C25H22F2N6O2. The molecule has 8 nitrogen and oxygen atoms in total. The second kappa shape index (κ2) is 9.13. The molecule has 5 rings (SSSR count). The Morgan fingerprint density at radius 2 is 1.74 bits per heavy atom. The number of nitrogens with zero attached hydrogens (tertiary/aromatic N) is 3. The van der Waals surface area contributed by atoms with Gasteiger partial charge in [-0.05, 0) is 49.2 Å². The third-order valence-electron chi connectivity index (χ3n) is 6.19. The third-order valence-corrected chi connectivity index (χ3v) is 6.19. The number of aromatic nitrogens is 3. The summed E-state index contributed by atoms with van der Waals surface area (Å²) in [5.74, 6) is -1.62. The minimum Gasteiger partial charge on any atom is -0.383 e. The Balaban J connectivity index is 1.36. The van der Waals surface area contributed by atoms with Gasteiger partial charge in [-0.3, -0.25) is 4.79 Å². The van der Waals surface area contributed by atoms with Gasteiger partial charge < -0.3 is 20.9 Å². The Labute approximate surface area is 199 Å². The summed E-state index contributed by atoms with van der Waals surface area (Å²) >= 11 is 0. The number of ketones is 1. The van der Waals surface area contributed by atoms with Crippen molar-refractivity contribution >= 4 is 40.0 Å². The maximum atomic E-state index is 13.8. The zero-order chi connectivity index (χ0) is 24.5. The Kier molecular flexibility index (Phi) is 5.86. The molecule has 1 aliphatic carbocycles. The second-order valence-electron chi connectivity index (χ2n) is 8.46. The van der Waals surface area contributed by atoms with Crippen molar-refractivity contribution in [3.63, 3.8) is 0 Å². The average molecular weight is 476 g/mol. The molecule has 2 amide bonds. The smallest absolute Gasteiger partial charge is 0.323 e. The van der Waals surface area contributed by atoms with E-state index in [9.17, 15) is 18.4 Å². The van der Waals surface area contributed by atoms with Crippen molar-refractivity contribution in [3.8, 4) is 0 Å². The molecule has 0 unspecified atom stereocenters. The molecule has 1 aliphatic rings. The fourth-order valence-corrected chi connectivity index (χ4v) is 4.48. The van der Waals surface area contributed by atoms with Gasteiger partial charge in [0.15, 0.2) is 5.78 Å². The van der Waals surface area contributed by atoms with Crippen molar-refractivity contribution in [1.82, 2.24) is 14.5 Å². The largest absolute Gasteiger partial charge is 0.383 e. The number of halogens is 2. The first-order valence-corrected chi connectivity index (χ1v) is 11.2. The van der Waals surface area contributed by atoms with Crippen molar-refractivity contribution in [2.24, 2.45) is 0 Å². The molecule has 10 heteroatoms. The Morgan fingerprint density at radius 3 is 2.46 bits per heavy atom. The molecule has 0 atom stereocenters. The van der Waals surface area contributed by atoms with E-state index in [0.717, 1.165) is 37.8 Å². The zero-order valence-electron chi connectivity index (χ0n) is 18.6. The molecule has 0 spiro atoms. The summed E-state index contributed by atoms with van der Waals surface area (Å²) in [4.78, 5) is 34.0. The molecular weight excluding hydrogens is 454 g/mol. The fraction of sp³-hybridized carbons (Fsp3) is 0.200. The number of carbonyl (C=O) groups excluding carboxylic acids is 2. The monoisotopic (exact) mass is 476 g/mol. The van der Waals surface area contributed by atoms with Gasteiger partial charge in [-0.15, -0.1) is 0 Å². The summed E-state index contributed by atoms with van der Waals surface area (Å²) in [5.41, 5.74) is 7.83. The number of anilines is 3. The van der Waals surface area contributed by atoms with Gasteiger partial charge in [-0.2, -0.15) is 0 Å². The second-order valence-corrected chi connectivity index (χ2v) is 8.46. The van der Waals surface area contributed by atoms with E-state index in [2.05, 4.69) is 20.6 Å². The Hall–Kier alpha value is -4.34. The minimum atomic E-state index is -0.888. The minimum absolute atomic E-state index is 0.158. The van der Waals surface area contributed by atoms with Gasteiger partial charge in [0.1, 0.15) is 29.4 Å². The van der Waals surface area contributed by atoms with Gasteiger partial charge in [0, 0.05) is 29.6 Å². The highest BCUT2D eigenvalue weighted by molar-refractivity contribution is 6.18. The summed E-state index contributed by atoms with van der Waals surface area (Å²) < 4.78 is 28.8. The van der Waals surface area contributed by atoms with E-state index in [1.165, 1.54) is 6.33 Å². The van der Waals surface area contributed by atoms with Crippen LogP contribution in [-0.2, 0) is 0 Å². The van der Waals surface area contributed by atoms with E-state index in [1.807, 2.05) is 10.8 Å². The van der Waals surface area contributed by atoms with Crippen molar-refractivity contribution < 1.29 is 18.4 Å². The molecule has 4 aromatic rings. The first-order valence-electron chi connectivity index (χ1n) is 11.2. The zero-order valence-corrected chi connectivity index (χ0v) is 18.6. The molecule has 2 aromatic carbocycles. The molecule has 4 N–H and O–H groups in total. The van der Waals surface area contributed by atoms with Crippen LogP contribution in [0.3, 0.4) is 0 Å². The molecule has 0 aliphatic heterocycles. The first-order chi connectivity index (χ1) is 16.9. The molecule has 0 radical (unpaired) electrons. The molecule has 1 fully saturated rings. The topological polar surface area (TPSA) is 115 Å². The molecule has 35 heavy (non-hydrogen) atoms. The Morgan fingerprint density at radius 1 is 1.00 bits per heavy atom. The predicted molar refractivity (Wildman–Crippen MR) is 128 cm³/mol. The number of nitrogen functional groups attached to an aromatic ring is 1. The van der Waals surface area contributed by atoms with E-state index in [0.29, 0.717) is 33.9 Å². The van der Waals surface area contributed by atoms with Crippen LogP contribution in [0.1, 0.15) is 47.6 Å². The number of nitrogens with one attached hydrogen (secondary N) is 2. The van der Waals surface area contributed by atoms with Gasteiger partial charge in [0.2, 0.25) is 0 Å². The summed E-state index contributed by atoms with van der Waals surface area (Å²) in [6, 6.07) is 8.68. The summed E-state index contributed by atoms with van der Waals surface area (Å²) in [6.07, 6.45) is 7.51. The van der Waals surface area contributed by atoms with Gasteiger partial charge in [0.05, 0.1) is 16.6 Å². The van der Waals surface area contributed by atoms with Crippen molar-refractivity contribution in [2.45, 2.75) is 31.7 Å². The van der Waals surface area contributed by atoms with E-state index >= 15 is 0 Å². The maximum absolute atomic E-state index is 13.8. The molecule has 2 aromatic heterocycles. The number of hydrogen-bond acceptors (Lipinski definition) is 5. The van der Waals surface area contributed by atoms with Crippen molar-refractivity contribution in [2.75, 3.05) is 16.4 Å². The van der Waals surface area contributed by atoms with Crippen molar-refractivity contribution in [3.05, 3.63) is 77.8 Å². The quantitative estimate of drug-likeness (QED) is 0.339. The van der Waals surface area contributed by atoms with Crippen LogP contribution in [0.5, 0.6) is 0 Å². The third kappa shape index (κ3) is 4.42. The van der Waals surface area contributed by atoms with Crippen LogP contribution in [0, 0.1) is 11.6 Å². The van der Waals surface area contributed by atoms with Crippen LogP contribution >= 0.6 is 0 Å². The molecule has 0 bridgehead atoms. The van der Waals surface area contributed by atoms with E-state index < -0.39 is 17.7 Å². The van der Waals surface area contributed by atoms with Gasteiger partial charge >= 0.3 is 6.03 Å². The molecule has 178 valence electrons. The highest BCUT2D eigenvalue weighted by Gasteiger charge is 2.25. The van der Waals surface area contributed by atoms with E-state index in [-0.39, 0.29) is 23.3 Å². The summed E-state index contributed by atoms with van der Waals surface area (Å²) in [6.45, 7) is 0. The lowest BCUT2D eigenvalue weighted by Crippen LogP contribution is -2.20. The fourth-order valence-electron chi connectivity index (χ4n) is 4.48. The number of fused-ring (bicyclic) bond motifs is 1. The number of benzene rings is 2. The molecule has 1 saturated carbocycles. The van der Waals surface area contributed by atoms with Crippen molar-refractivity contribution in [1.29, 1.82) is 0 Å². The lowest BCUT2D eigenvalue weighted by molar-refractivity contribution is 0.104.